The summed E-state index contributed by atoms with van der Waals surface area (Å²) in [5.74, 6) is 0.556. The summed E-state index contributed by atoms with van der Waals surface area (Å²) in [4.78, 5) is 14.0. The number of rotatable bonds is 6. The number of urea groups is 1. The molecule has 1 saturated carbocycles. The molecular formula is C17H26N2O2. The van der Waals surface area contributed by atoms with Crippen molar-refractivity contribution >= 4 is 6.03 Å². The highest BCUT2D eigenvalue weighted by molar-refractivity contribution is 5.74. The van der Waals surface area contributed by atoms with Crippen molar-refractivity contribution in [2.45, 2.75) is 45.3 Å². The van der Waals surface area contributed by atoms with Crippen molar-refractivity contribution in [3.8, 4) is 0 Å². The minimum absolute atomic E-state index is 0.0594. The van der Waals surface area contributed by atoms with Crippen molar-refractivity contribution in [2.24, 2.45) is 5.92 Å². The Morgan fingerprint density at radius 3 is 2.67 bits per heavy atom. The van der Waals surface area contributed by atoms with E-state index in [1.165, 1.54) is 24.0 Å². The summed E-state index contributed by atoms with van der Waals surface area (Å²) in [7, 11) is 1.78. The largest absolute Gasteiger partial charge is 0.393 e. The van der Waals surface area contributed by atoms with Gasteiger partial charge in [-0.15, -0.1) is 0 Å². The molecule has 0 saturated heterocycles. The predicted octanol–water partition coefficient (Wildman–Crippen LogP) is 2.86. The molecule has 1 aliphatic carbocycles. The molecule has 0 unspecified atom stereocenters. The minimum atomic E-state index is -0.379. The maximum absolute atomic E-state index is 12.3. The second kappa shape index (κ2) is 6.94. The van der Waals surface area contributed by atoms with Crippen molar-refractivity contribution in [1.82, 2.24) is 10.2 Å². The van der Waals surface area contributed by atoms with Crippen LogP contribution in [0.4, 0.5) is 4.79 Å². The Kier molecular flexibility index (Phi) is 5.23. The molecule has 1 fully saturated rings. The van der Waals surface area contributed by atoms with E-state index >= 15 is 0 Å². The van der Waals surface area contributed by atoms with E-state index in [0.717, 1.165) is 0 Å². The molecule has 0 bridgehead atoms. The SMILES string of the molecule is Cc1ccccc1[C@@H](NC(=O)N(C)CC[C@@H](C)O)C1CC1. The summed E-state index contributed by atoms with van der Waals surface area (Å²) in [5.41, 5.74) is 2.44. The molecule has 1 aromatic rings. The quantitative estimate of drug-likeness (QED) is 0.846. The van der Waals surface area contributed by atoms with Gasteiger partial charge >= 0.3 is 6.03 Å². The summed E-state index contributed by atoms with van der Waals surface area (Å²) in [6, 6.07) is 8.30. The van der Waals surface area contributed by atoms with Gasteiger partial charge in [-0.25, -0.2) is 4.79 Å². The summed E-state index contributed by atoms with van der Waals surface area (Å²) >= 11 is 0. The van der Waals surface area contributed by atoms with Crippen molar-refractivity contribution in [2.75, 3.05) is 13.6 Å². The van der Waals surface area contributed by atoms with Crippen LogP contribution in [-0.2, 0) is 0 Å². The third-order valence-electron chi connectivity index (χ3n) is 4.12. The molecule has 0 spiro atoms. The smallest absolute Gasteiger partial charge is 0.317 e. The summed E-state index contributed by atoms with van der Waals surface area (Å²) in [6.07, 6.45) is 2.58. The standard InChI is InChI=1S/C17H26N2O2/c1-12-6-4-5-7-15(12)16(14-8-9-14)18-17(21)19(3)11-10-13(2)20/h4-7,13-14,16,20H,8-11H2,1-3H3,(H,18,21)/t13-,16+/m1/s1. The van der Waals surface area contributed by atoms with E-state index in [4.69, 9.17) is 0 Å². The molecule has 2 amide bonds. The molecule has 116 valence electrons. The molecule has 4 nitrogen and oxygen atoms in total. The fourth-order valence-corrected chi connectivity index (χ4v) is 2.54. The van der Waals surface area contributed by atoms with E-state index in [-0.39, 0.29) is 18.2 Å². The van der Waals surface area contributed by atoms with Crippen molar-refractivity contribution < 1.29 is 9.90 Å². The number of amides is 2. The van der Waals surface area contributed by atoms with E-state index in [0.29, 0.717) is 18.9 Å². The first kappa shape index (κ1) is 15.8. The fraction of sp³-hybridized carbons (Fsp3) is 0.588. The highest BCUT2D eigenvalue weighted by Crippen LogP contribution is 2.41. The lowest BCUT2D eigenvalue weighted by Crippen LogP contribution is -2.41. The minimum Gasteiger partial charge on any atom is -0.393 e. The first-order chi connectivity index (χ1) is 9.99. The van der Waals surface area contributed by atoms with Gasteiger partial charge < -0.3 is 15.3 Å². The molecule has 0 aromatic heterocycles. The van der Waals surface area contributed by atoms with Crippen LogP contribution < -0.4 is 5.32 Å². The van der Waals surface area contributed by atoms with E-state index in [9.17, 15) is 9.90 Å². The molecule has 21 heavy (non-hydrogen) atoms. The Labute approximate surface area is 127 Å². The Morgan fingerprint density at radius 1 is 1.43 bits per heavy atom. The summed E-state index contributed by atoms with van der Waals surface area (Å²) in [6.45, 7) is 4.40. The first-order valence-electron chi connectivity index (χ1n) is 7.74. The molecule has 0 radical (unpaired) electrons. The van der Waals surface area contributed by atoms with Crippen molar-refractivity contribution in [3.05, 3.63) is 35.4 Å². The molecule has 2 atom stereocenters. The third-order valence-corrected chi connectivity index (χ3v) is 4.12. The second-order valence-electron chi connectivity index (χ2n) is 6.18. The number of aliphatic hydroxyl groups excluding tert-OH is 1. The van der Waals surface area contributed by atoms with Crippen molar-refractivity contribution in [3.63, 3.8) is 0 Å². The molecule has 1 aliphatic rings. The molecular weight excluding hydrogens is 264 g/mol. The topological polar surface area (TPSA) is 52.6 Å². The Hall–Kier alpha value is -1.55. The number of aliphatic hydroxyl groups is 1. The fourth-order valence-electron chi connectivity index (χ4n) is 2.54. The van der Waals surface area contributed by atoms with E-state index in [2.05, 4.69) is 24.4 Å². The average Bonchev–Trinajstić information content (AvgIpc) is 3.27. The van der Waals surface area contributed by atoms with Crippen LogP contribution in [0.5, 0.6) is 0 Å². The van der Waals surface area contributed by atoms with Gasteiger partial charge in [0.15, 0.2) is 0 Å². The van der Waals surface area contributed by atoms with Gasteiger partial charge in [-0.3, -0.25) is 0 Å². The highest BCUT2D eigenvalue weighted by Gasteiger charge is 2.34. The Balaban J connectivity index is 2.00. The number of carbonyl (C=O) groups is 1. The first-order valence-corrected chi connectivity index (χ1v) is 7.74. The van der Waals surface area contributed by atoms with Crippen LogP contribution in [0.15, 0.2) is 24.3 Å². The Bertz CT molecular complexity index is 483. The van der Waals surface area contributed by atoms with Crippen LogP contribution in [0.2, 0.25) is 0 Å². The zero-order valence-corrected chi connectivity index (χ0v) is 13.2. The maximum Gasteiger partial charge on any atom is 0.317 e. The lowest BCUT2D eigenvalue weighted by atomic mass is 9.98. The molecule has 1 aromatic carbocycles. The van der Waals surface area contributed by atoms with Gasteiger partial charge in [0.05, 0.1) is 12.1 Å². The molecule has 2 rings (SSSR count). The van der Waals surface area contributed by atoms with Gasteiger partial charge in [-0.1, -0.05) is 24.3 Å². The number of carbonyl (C=O) groups excluding carboxylic acids is 1. The van der Waals surface area contributed by atoms with E-state index < -0.39 is 0 Å². The maximum atomic E-state index is 12.3. The van der Waals surface area contributed by atoms with Crippen molar-refractivity contribution in [1.29, 1.82) is 0 Å². The monoisotopic (exact) mass is 290 g/mol. The van der Waals surface area contributed by atoms with Crippen LogP contribution in [0, 0.1) is 12.8 Å². The number of nitrogens with zero attached hydrogens (tertiary/aromatic N) is 1. The van der Waals surface area contributed by atoms with Crippen LogP contribution in [-0.4, -0.2) is 35.7 Å². The number of nitrogens with one attached hydrogen (secondary N) is 1. The molecule has 0 heterocycles. The van der Waals surface area contributed by atoms with Crippen LogP contribution >= 0.6 is 0 Å². The van der Waals surface area contributed by atoms with E-state index in [1.54, 1.807) is 18.9 Å². The molecule has 0 aliphatic heterocycles. The number of benzene rings is 1. The van der Waals surface area contributed by atoms with Gasteiger partial charge in [-0.05, 0) is 50.2 Å². The number of aryl methyl sites for hydroxylation is 1. The number of hydrogen-bond acceptors (Lipinski definition) is 2. The predicted molar refractivity (Wildman–Crippen MR) is 84.1 cm³/mol. The van der Waals surface area contributed by atoms with Gasteiger partial charge in [0.25, 0.3) is 0 Å². The number of hydrogen-bond donors (Lipinski definition) is 2. The second-order valence-corrected chi connectivity index (χ2v) is 6.18. The molecule has 2 N–H and O–H groups in total. The van der Waals surface area contributed by atoms with Crippen LogP contribution in [0.1, 0.15) is 43.4 Å². The van der Waals surface area contributed by atoms with Crippen LogP contribution in [0.3, 0.4) is 0 Å². The third kappa shape index (κ3) is 4.46. The average molecular weight is 290 g/mol. The van der Waals surface area contributed by atoms with Gasteiger partial charge in [0, 0.05) is 13.6 Å². The molecule has 4 heteroatoms. The van der Waals surface area contributed by atoms with E-state index in [1.807, 2.05) is 12.1 Å². The zero-order valence-electron chi connectivity index (χ0n) is 13.2. The Morgan fingerprint density at radius 2 is 2.10 bits per heavy atom. The lowest BCUT2D eigenvalue weighted by Gasteiger charge is -2.25. The van der Waals surface area contributed by atoms with Gasteiger partial charge in [0.1, 0.15) is 0 Å². The lowest BCUT2D eigenvalue weighted by molar-refractivity contribution is 0.162. The van der Waals surface area contributed by atoms with Crippen LogP contribution in [0.25, 0.3) is 0 Å². The summed E-state index contributed by atoms with van der Waals surface area (Å²) in [5, 5.41) is 12.5. The zero-order chi connectivity index (χ0) is 15.4. The summed E-state index contributed by atoms with van der Waals surface area (Å²) < 4.78 is 0. The van der Waals surface area contributed by atoms with Gasteiger partial charge in [0.2, 0.25) is 0 Å². The highest BCUT2D eigenvalue weighted by atomic mass is 16.3. The van der Waals surface area contributed by atoms with Gasteiger partial charge in [-0.2, -0.15) is 0 Å². The normalized spacial score (nSPS) is 17.1.